The molecule has 0 bridgehead atoms. The predicted octanol–water partition coefficient (Wildman–Crippen LogP) is 2.18. The molecule has 0 saturated heterocycles. The normalized spacial score (nSPS) is 9.47. The Morgan fingerprint density at radius 3 is 2.76 bits per heavy atom. The van der Waals surface area contributed by atoms with Gasteiger partial charge in [-0.1, -0.05) is 11.6 Å². The first-order chi connectivity index (χ1) is 7.95. The molecule has 17 heavy (non-hydrogen) atoms. The van der Waals surface area contributed by atoms with E-state index in [0.717, 1.165) is 6.07 Å². The van der Waals surface area contributed by atoms with Gasteiger partial charge < -0.3 is 4.74 Å². The number of nitriles is 1. The van der Waals surface area contributed by atoms with Gasteiger partial charge in [0, 0.05) is 18.6 Å². The van der Waals surface area contributed by atoms with Gasteiger partial charge in [0.15, 0.2) is 0 Å². The highest BCUT2D eigenvalue weighted by molar-refractivity contribution is 6.32. The molecule has 7 heteroatoms. The SMILES string of the molecule is CC(=O)OCc1cc([N+](=O)[O-])c(Cl)cc1C#N. The van der Waals surface area contributed by atoms with E-state index in [2.05, 4.69) is 4.74 Å². The third-order valence-electron chi connectivity index (χ3n) is 1.92. The second kappa shape index (κ2) is 5.27. The summed E-state index contributed by atoms with van der Waals surface area (Å²) in [7, 11) is 0. The van der Waals surface area contributed by atoms with Gasteiger partial charge in [0.2, 0.25) is 0 Å². The first-order valence-corrected chi connectivity index (χ1v) is 4.83. The Morgan fingerprint density at radius 2 is 2.29 bits per heavy atom. The van der Waals surface area contributed by atoms with Gasteiger partial charge in [-0.15, -0.1) is 0 Å². The third-order valence-corrected chi connectivity index (χ3v) is 2.22. The van der Waals surface area contributed by atoms with E-state index >= 15 is 0 Å². The average Bonchev–Trinajstić information content (AvgIpc) is 2.26. The fraction of sp³-hybridized carbons (Fsp3) is 0.200. The van der Waals surface area contributed by atoms with Crippen molar-refractivity contribution in [3.05, 3.63) is 38.4 Å². The zero-order valence-corrected chi connectivity index (χ0v) is 9.52. The highest BCUT2D eigenvalue weighted by atomic mass is 35.5. The van der Waals surface area contributed by atoms with E-state index < -0.39 is 10.9 Å². The summed E-state index contributed by atoms with van der Waals surface area (Å²) in [4.78, 5) is 20.6. The molecule has 0 unspecified atom stereocenters. The highest BCUT2D eigenvalue weighted by Gasteiger charge is 2.17. The molecule has 0 saturated carbocycles. The molecule has 1 aromatic rings. The fourth-order valence-corrected chi connectivity index (χ4v) is 1.38. The Morgan fingerprint density at radius 1 is 1.65 bits per heavy atom. The maximum absolute atomic E-state index is 10.6. The van der Waals surface area contributed by atoms with Crippen molar-refractivity contribution in [1.82, 2.24) is 0 Å². The lowest BCUT2D eigenvalue weighted by Gasteiger charge is -2.05. The van der Waals surface area contributed by atoms with Crippen molar-refractivity contribution in [2.24, 2.45) is 0 Å². The third kappa shape index (κ3) is 3.16. The Labute approximate surface area is 102 Å². The Hall–Kier alpha value is -2.13. The van der Waals surface area contributed by atoms with Crippen molar-refractivity contribution in [1.29, 1.82) is 5.26 Å². The van der Waals surface area contributed by atoms with Gasteiger partial charge in [-0.25, -0.2) is 0 Å². The molecule has 0 N–H and O–H groups in total. The number of carbonyl (C=O) groups is 1. The van der Waals surface area contributed by atoms with E-state index in [-0.39, 0.29) is 28.4 Å². The van der Waals surface area contributed by atoms with Crippen molar-refractivity contribution < 1.29 is 14.5 Å². The smallest absolute Gasteiger partial charge is 0.302 e. The predicted molar refractivity (Wildman–Crippen MR) is 58.3 cm³/mol. The van der Waals surface area contributed by atoms with Crippen LogP contribution in [0.2, 0.25) is 5.02 Å². The van der Waals surface area contributed by atoms with E-state index in [9.17, 15) is 14.9 Å². The summed E-state index contributed by atoms with van der Waals surface area (Å²) in [5.41, 5.74) is 0.0634. The van der Waals surface area contributed by atoms with Crippen LogP contribution in [0.25, 0.3) is 0 Å². The number of ether oxygens (including phenoxy) is 1. The van der Waals surface area contributed by atoms with E-state index in [4.69, 9.17) is 16.9 Å². The van der Waals surface area contributed by atoms with Crippen molar-refractivity contribution in [2.45, 2.75) is 13.5 Å². The van der Waals surface area contributed by atoms with Crippen LogP contribution in [0, 0.1) is 21.4 Å². The molecule has 6 nitrogen and oxygen atoms in total. The summed E-state index contributed by atoms with van der Waals surface area (Å²) in [6.07, 6.45) is 0. The topological polar surface area (TPSA) is 93.2 Å². The van der Waals surface area contributed by atoms with Crippen LogP contribution in [0.15, 0.2) is 12.1 Å². The quantitative estimate of drug-likeness (QED) is 0.468. The van der Waals surface area contributed by atoms with Crippen LogP contribution >= 0.6 is 11.6 Å². The Kier molecular flexibility index (Phi) is 4.01. The minimum Gasteiger partial charge on any atom is -0.461 e. The molecular formula is C10H7ClN2O4. The lowest BCUT2D eigenvalue weighted by atomic mass is 10.1. The summed E-state index contributed by atoms with van der Waals surface area (Å²) < 4.78 is 4.69. The van der Waals surface area contributed by atoms with Crippen molar-refractivity contribution in [2.75, 3.05) is 0 Å². The number of hydrogen-bond acceptors (Lipinski definition) is 5. The van der Waals surface area contributed by atoms with Crippen LogP contribution in [0.4, 0.5) is 5.69 Å². The van der Waals surface area contributed by atoms with Gasteiger partial charge in [-0.05, 0) is 6.07 Å². The summed E-state index contributed by atoms with van der Waals surface area (Å²) in [5.74, 6) is -0.536. The van der Waals surface area contributed by atoms with Crippen LogP contribution in [0.5, 0.6) is 0 Å². The molecule has 88 valence electrons. The van der Waals surface area contributed by atoms with Gasteiger partial charge in [0.05, 0.1) is 16.6 Å². The van der Waals surface area contributed by atoms with E-state index in [0.29, 0.717) is 0 Å². The Bertz CT molecular complexity index is 522. The number of nitro groups is 1. The van der Waals surface area contributed by atoms with Crippen molar-refractivity contribution in [3.63, 3.8) is 0 Å². The second-order valence-corrected chi connectivity index (χ2v) is 3.52. The van der Waals surface area contributed by atoms with Crippen molar-refractivity contribution >= 4 is 23.3 Å². The number of hydrogen-bond donors (Lipinski definition) is 0. The summed E-state index contributed by atoms with van der Waals surface area (Å²) >= 11 is 5.64. The van der Waals surface area contributed by atoms with E-state index in [1.807, 2.05) is 6.07 Å². The summed E-state index contributed by atoms with van der Waals surface area (Å²) in [6, 6.07) is 4.14. The van der Waals surface area contributed by atoms with Crippen LogP contribution in [-0.2, 0) is 16.1 Å². The zero-order chi connectivity index (χ0) is 13.0. The zero-order valence-electron chi connectivity index (χ0n) is 8.77. The minimum absolute atomic E-state index is 0.127. The molecule has 1 aromatic carbocycles. The number of carbonyl (C=O) groups excluding carboxylic acids is 1. The largest absolute Gasteiger partial charge is 0.461 e. The molecule has 0 spiro atoms. The molecule has 0 amide bonds. The molecule has 0 radical (unpaired) electrons. The maximum atomic E-state index is 10.6. The first-order valence-electron chi connectivity index (χ1n) is 4.46. The Balaban J connectivity index is 3.18. The second-order valence-electron chi connectivity index (χ2n) is 3.11. The number of nitro benzene ring substituents is 1. The fourth-order valence-electron chi connectivity index (χ4n) is 1.15. The molecule has 0 heterocycles. The van der Waals surface area contributed by atoms with Crippen LogP contribution in [0.3, 0.4) is 0 Å². The number of esters is 1. The molecule has 1 rings (SSSR count). The monoisotopic (exact) mass is 254 g/mol. The standard InChI is InChI=1S/C10H7ClN2O4/c1-6(14)17-5-8-3-10(13(15)16)9(11)2-7(8)4-12/h2-3H,5H2,1H3. The molecular weight excluding hydrogens is 248 g/mol. The van der Waals surface area contributed by atoms with Crippen LogP contribution in [-0.4, -0.2) is 10.9 Å². The lowest BCUT2D eigenvalue weighted by molar-refractivity contribution is -0.384. The number of rotatable bonds is 3. The highest BCUT2D eigenvalue weighted by Crippen LogP contribution is 2.28. The van der Waals surface area contributed by atoms with Crippen molar-refractivity contribution in [3.8, 4) is 6.07 Å². The van der Waals surface area contributed by atoms with Gasteiger partial charge in [0.25, 0.3) is 5.69 Å². The molecule has 0 aliphatic rings. The maximum Gasteiger partial charge on any atom is 0.302 e. The molecule has 0 atom stereocenters. The van der Waals surface area contributed by atoms with E-state index in [1.54, 1.807) is 0 Å². The molecule has 0 aliphatic heterocycles. The van der Waals surface area contributed by atoms with Crippen LogP contribution in [0.1, 0.15) is 18.1 Å². The number of halogens is 1. The number of nitrogens with zero attached hydrogens (tertiary/aromatic N) is 2. The van der Waals surface area contributed by atoms with E-state index in [1.165, 1.54) is 13.0 Å². The van der Waals surface area contributed by atoms with Gasteiger partial charge in [0.1, 0.15) is 11.6 Å². The minimum atomic E-state index is -0.666. The van der Waals surface area contributed by atoms with Crippen LogP contribution < -0.4 is 0 Å². The lowest BCUT2D eigenvalue weighted by Crippen LogP contribution is -2.02. The molecule has 0 aliphatic carbocycles. The van der Waals surface area contributed by atoms with Gasteiger partial charge in [-0.3, -0.25) is 14.9 Å². The van der Waals surface area contributed by atoms with Gasteiger partial charge >= 0.3 is 5.97 Å². The molecule has 0 aromatic heterocycles. The number of benzene rings is 1. The summed E-state index contributed by atoms with van der Waals surface area (Å²) in [6.45, 7) is 1.01. The average molecular weight is 255 g/mol. The van der Waals surface area contributed by atoms with Gasteiger partial charge in [-0.2, -0.15) is 5.26 Å². The summed E-state index contributed by atoms with van der Waals surface area (Å²) in [5, 5.41) is 19.3. The molecule has 0 fully saturated rings. The first kappa shape index (κ1) is 12.9.